The van der Waals surface area contributed by atoms with Gasteiger partial charge in [0.1, 0.15) is 5.25 Å². The number of nitrogens with zero attached hydrogens (tertiary/aromatic N) is 1. The first kappa shape index (κ1) is 15.7. The van der Waals surface area contributed by atoms with E-state index in [-0.39, 0.29) is 6.54 Å². The van der Waals surface area contributed by atoms with Crippen LogP contribution >= 0.6 is 0 Å². The Bertz CT molecular complexity index is 758. The number of anilines is 2. The highest BCUT2D eigenvalue weighted by molar-refractivity contribution is 7.92. The number of carbonyl (C=O) groups excluding carboxylic acids is 1. The van der Waals surface area contributed by atoms with Crippen molar-refractivity contribution in [2.75, 3.05) is 22.4 Å². The SMILES string of the molecule is CS(=O)(=O)Nc1ccc(N2CC(S(=O)(=O)F)CC2=O)cc1. The molecule has 116 valence electrons. The molecule has 0 bridgehead atoms. The summed E-state index contributed by atoms with van der Waals surface area (Å²) in [5.41, 5.74) is 0.688. The molecular formula is C11H13FN2O5S2. The molecule has 0 aliphatic carbocycles. The molecule has 0 radical (unpaired) electrons. The highest BCUT2D eigenvalue weighted by Gasteiger charge is 2.38. The molecule has 0 saturated carbocycles. The fourth-order valence-corrected chi connectivity index (χ4v) is 3.27. The van der Waals surface area contributed by atoms with Crippen LogP contribution in [0.25, 0.3) is 0 Å². The molecule has 1 heterocycles. The molecule has 2 rings (SSSR count). The highest BCUT2D eigenvalue weighted by atomic mass is 32.3. The highest BCUT2D eigenvalue weighted by Crippen LogP contribution is 2.27. The monoisotopic (exact) mass is 336 g/mol. The zero-order valence-electron chi connectivity index (χ0n) is 11.0. The molecule has 1 unspecified atom stereocenters. The Labute approximate surface area is 122 Å². The Hall–Kier alpha value is -1.68. The van der Waals surface area contributed by atoms with Crippen molar-refractivity contribution in [3.8, 4) is 0 Å². The second kappa shape index (κ2) is 5.26. The van der Waals surface area contributed by atoms with Crippen LogP contribution in [0.1, 0.15) is 6.42 Å². The van der Waals surface area contributed by atoms with E-state index in [0.29, 0.717) is 11.4 Å². The maximum Gasteiger partial charge on any atom is 0.307 e. The summed E-state index contributed by atoms with van der Waals surface area (Å²) in [6.07, 6.45) is 0.601. The van der Waals surface area contributed by atoms with Crippen molar-refractivity contribution in [3.63, 3.8) is 0 Å². The molecule has 0 aromatic heterocycles. The third kappa shape index (κ3) is 3.91. The van der Waals surface area contributed by atoms with E-state index in [1.165, 1.54) is 24.3 Å². The molecule has 0 spiro atoms. The van der Waals surface area contributed by atoms with Gasteiger partial charge in [0.2, 0.25) is 15.9 Å². The summed E-state index contributed by atoms with van der Waals surface area (Å²) in [5.74, 6) is -0.495. The Morgan fingerprint density at radius 3 is 2.19 bits per heavy atom. The molecule has 1 saturated heterocycles. The van der Waals surface area contributed by atoms with E-state index in [4.69, 9.17) is 0 Å². The summed E-state index contributed by atoms with van der Waals surface area (Å²) in [4.78, 5) is 12.9. The molecule has 1 aromatic rings. The Balaban J connectivity index is 2.18. The quantitative estimate of drug-likeness (QED) is 0.805. The van der Waals surface area contributed by atoms with Gasteiger partial charge in [0.05, 0.1) is 6.26 Å². The molecule has 1 atom stereocenters. The van der Waals surface area contributed by atoms with Gasteiger partial charge in [-0.05, 0) is 24.3 Å². The maximum atomic E-state index is 12.9. The Morgan fingerprint density at radius 2 is 1.76 bits per heavy atom. The molecular weight excluding hydrogens is 323 g/mol. The first-order valence-corrected chi connectivity index (χ1v) is 9.22. The number of halogens is 1. The van der Waals surface area contributed by atoms with Crippen LogP contribution in [0.2, 0.25) is 0 Å². The fourth-order valence-electron chi connectivity index (χ4n) is 2.04. The van der Waals surface area contributed by atoms with Crippen molar-refractivity contribution in [1.29, 1.82) is 0 Å². The third-order valence-electron chi connectivity index (χ3n) is 2.97. The van der Waals surface area contributed by atoms with Crippen molar-refractivity contribution in [1.82, 2.24) is 0 Å². The first-order chi connectivity index (χ1) is 9.56. The molecule has 1 aliphatic rings. The fraction of sp³-hybridized carbons (Fsp3) is 0.364. The lowest BCUT2D eigenvalue weighted by Gasteiger charge is -2.16. The van der Waals surface area contributed by atoms with E-state index in [9.17, 15) is 25.5 Å². The van der Waals surface area contributed by atoms with E-state index < -0.39 is 37.8 Å². The molecule has 1 aliphatic heterocycles. The number of nitrogens with one attached hydrogen (secondary N) is 1. The number of amides is 1. The molecule has 1 N–H and O–H groups in total. The number of hydrogen-bond donors (Lipinski definition) is 1. The topological polar surface area (TPSA) is 101 Å². The van der Waals surface area contributed by atoms with Crippen molar-refractivity contribution < 1.29 is 25.5 Å². The Morgan fingerprint density at radius 1 is 1.19 bits per heavy atom. The van der Waals surface area contributed by atoms with Crippen LogP contribution in [-0.4, -0.2) is 40.8 Å². The van der Waals surface area contributed by atoms with Crippen LogP contribution in [-0.2, 0) is 25.0 Å². The van der Waals surface area contributed by atoms with Gasteiger partial charge in [0.25, 0.3) is 0 Å². The maximum absolute atomic E-state index is 12.9. The van der Waals surface area contributed by atoms with Crippen molar-refractivity contribution in [3.05, 3.63) is 24.3 Å². The van der Waals surface area contributed by atoms with Crippen LogP contribution in [0, 0.1) is 0 Å². The second-order valence-corrected chi connectivity index (χ2v) is 8.09. The minimum atomic E-state index is -4.76. The van der Waals surface area contributed by atoms with Gasteiger partial charge >= 0.3 is 10.2 Å². The van der Waals surface area contributed by atoms with Crippen LogP contribution in [0.3, 0.4) is 0 Å². The van der Waals surface area contributed by atoms with E-state index in [2.05, 4.69) is 4.72 Å². The molecule has 1 aromatic carbocycles. The van der Waals surface area contributed by atoms with Crippen LogP contribution in [0.15, 0.2) is 24.3 Å². The lowest BCUT2D eigenvalue weighted by atomic mass is 10.2. The van der Waals surface area contributed by atoms with Gasteiger partial charge < -0.3 is 4.90 Å². The van der Waals surface area contributed by atoms with Gasteiger partial charge in [-0.25, -0.2) is 8.42 Å². The summed E-state index contributed by atoms with van der Waals surface area (Å²) < 4.78 is 59.0. The zero-order valence-corrected chi connectivity index (χ0v) is 12.6. The predicted octanol–water partition coefficient (Wildman–Crippen LogP) is 0.463. The van der Waals surface area contributed by atoms with Crippen molar-refractivity contribution in [2.45, 2.75) is 11.7 Å². The number of sulfonamides is 1. The van der Waals surface area contributed by atoms with Gasteiger partial charge in [-0.3, -0.25) is 9.52 Å². The van der Waals surface area contributed by atoms with Crippen LogP contribution < -0.4 is 9.62 Å². The van der Waals surface area contributed by atoms with Gasteiger partial charge in [0, 0.05) is 24.3 Å². The molecule has 1 amide bonds. The average molecular weight is 336 g/mol. The third-order valence-corrected chi connectivity index (χ3v) is 4.69. The number of carbonyl (C=O) groups is 1. The second-order valence-electron chi connectivity index (χ2n) is 4.73. The van der Waals surface area contributed by atoms with Gasteiger partial charge in [0.15, 0.2) is 0 Å². The summed E-state index contributed by atoms with van der Waals surface area (Å²) in [6.45, 7) is -0.253. The summed E-state index contributed by atoms with van der Waals surface area (Å²) >= 11 is 0. The lowest BCUT2D eigenvalue weighted by molar-refractivity contribution is -0.117. The molecule has 7 nitrogen and oxygen atoms in total. The molecule has 10 heteroatoms. The molecule has 21 heavy (non-hydrogen) atoms. The van der Waals surface area contributed by atoms with Crippen LogP contribution in [0.5, 0.6) is 0 Å². The Kier molecular flexibility index (Phi) is 3.93. The minimum Gasteiger partial charge on any atom is -0.311 e. The summed E-state index contributed by atoms with van der Waals surface area (Å²) in [6, 6.07) is 5.78. The molecule has 1 fully saturated rings. The van der Waals surface area contributed by atoms with Gasteiger partial charge in [-0.15, -0.1) is 3.89 Å². The lowest BCUT2D eigenvalue weighted by Crippen LogP contribution is -2.26. The number of rotatable bonds is 4. The first-order valence-electron chi connectivity index (χ1n) is 5.88. The van der Waals surface area contributed by atoms with Crippen molar-refractivity contribution in [2.24, 2.45) is 0 Å². The largest absolute Gasteiger partial charge is 0.311 e. The number of benzene rings is 1. The summed E-state index contributed by atoms with van der Waals surface area (Å²) in [7, 11) is -8.17. The van der Waals surface area contributed by atoms with Crippen LogP contribution in [0.4, 0.5) is 15.3 Å². The standard InChI is InChI=1S/C11H13FN2O5S2/c1-20(16,17)13-8-2-4-9(5-3-8)14-7-10(6-11(14)15)21(12,18)19/h2-5,10,13H,6-7H2,1H3. The average Bonchev–Trinajstić information content (AvgIpc) is 2.70. The zero-order chi connectivity index (χ0) is 15.8. The van der Waals surface area contributed by atoms with E-state index in [1.807, 2.05) is 0 Å². The van der Waals surface area contributed by atoms with Crippen molar-refractivity contribution >= 4 is 37.5 Å². The smallest absolute Gasteiger partial charge is 0.307 e. The van der Waals surface area contributed by atoms with Gasteiger partial charge in [-0.1, -0.05) is 0 Å². The van der Waals surface area contributed by atoms with Gasteiger partial charge in [-0.2, -0.15) is 8.42 Å². The van der Waals surface area contributed by atoms with E-state index >= 15 is 0 Å². The van der Waals surface area contributed by atoms with E-state index in [1.54, 1.807) is 0 Å². The summed E-state index contributed by atoms with van der Waals surface area (Å²) in [5, 5.41) is -1.36. The number of hydrogen-bond acceptors (Lipinski definition) is 5. The predicted molar refractivity (Wildman–Crippen MR) is 75.7 cm³/mol. The van der Waals surface area contributed by atoms with E-state index in [0.717, 1.165) is 11.2 Å². The minimum absolute atomic E-state index is 0.253. The normalized spacial score (nSPS) is 19.8.